The van der Waals surface area contributed by atoms with Gasteiger partial charge >= 0.3 is 0 Å². The van der Waals surface area contributed by atoms with Crippen molar-refractivity contribution >= 4 is 39.9 Å². The molecule has 0 aliphatic heterocycles. The molecule has 1 unspecified atom stereocenters. The zero-order chi connectivity index (χ0) is 9.84. The smallest absolute Gasteiger partial charge is 0.0648 e. The molecular weight excluding hydrogens is 296 g/mol. The van der Waals surface area contributed by atoms with E-state index in [-0.39, 0.29) is 6.04 Å². The second kappa shape index (κ2) is 4.86. The van der Waals surface area contributed by atoms with Gasteiger partial charge in [-0.15, -0.1) is 6.58 Å². The second-order valence-electron chi connectivity index (χ2n) is 2.79. The fourth-order valence-electron chi connectivity index (χ4n) is 0.911. The largest absolute Gasteiger partial charge is 0.378 e. The molecule has 0 bridgehead atoms. The molecular formula is C10H11ClIN. The van der Waals surface area contributed by atoms with Crippen molar-refractivity contribution in [1.29, 1.82) is 0 Å². The van der Waals surface area contributed by atoms with Crippen LogP contribution >= 0.6 is 34.2 Å². The van der Waals surface area contributed by atoms with Crippen molar-refractivity contribution in [3.8, 4) is 0 Å². The molecule has 0 heterocycles. The summed E-state index contributed by atoms with van der Waals surface area (Å²) in [6, 6.07) is 6.16. The van der Waals surface area contributed by atoms with Gasteiger partial charge in [0.05, 0.1) is 10.7 Å². The molecule has 3 heteroatoms. The topological polar surface area (TPSA) is 12.0 Å². The van der Waals surface area contributed by atoms with Gasteiger partial charge in [-0.2, -0.15) is 0 Å². The van der Waals surface area contributed by atoms with E-state index in [2.05, 4.69) is 34.5 Å². The Bertz CT molecular complexity index is 312. The van der Waals surface area contributed by atoms with Crippen LogP contribution in [0.5, 0.6) is 0 Å². The fourth-order valence-corrected chi connectivity index (χ4v) is 1.82. The summed E-state index contributed by atoms with van der Waals surface area (Å²) in [4.78, 5) is 0. The number of benzene rings is 1. The molecule has 0 aliphatic carbocycles. The van der Waals surface area contributed by atoms with Crippen LogP contribution in [0.3, 0.4) is 0 Å². The van der Waals surface area contributed by atoms with E-state index in [9.17, 15) is 0 Å². The summed E-state index contributed by atoms with van der Waals surface area (Å²) in [7, 11) is 0. The number of anilines is 1. The van der Waals surface area contributed by atoms with E-state index in [1.54, 1.807) is 0 Å². The molecule has 0 saturated heterocycles. The average molecular weight is 308 g/mol. The Labute approximate surface area is 97.3 Å². The van der Waals surface area contributed by atoms with Crippen LogP contribution in [0.15, 0.2) is 30.9 Å². The number of halogens is 2. The second-order valence-corrected chi connectivity index (χ2v) is 4.45. The van der Waals surface area contributed by atoms with Crippen LogP contribution in [0.4, 0.5) is 5.69 Å². The molecule has 1 aromatic rings. The van der Waals surface area contributed by atoms with Gasteiger partial charge in [-0.25, -0.2) is 0 Å². The molecule has 0 fully saturated rings. The fraction of sp³-hybridized carbons (Fsp3) is 0.200. The highest BCUT2D eigenvalue weighted by Crippen LogP contribution is 2.24. The van der Waals surface area contributed by atoms with Crippen molar-refractivity contribution in [2.45, 2.75) is 13.0 Å². The zero-order valence-corrected chi connectivity index (χ0v) is 10.3. The minimum absolute atomic E-state index is 0.234. The summed E-state index contributed by atoms with van der Waals surface area (Å²) in [6.45, 7) is 5.73. The van der Waals surface area contributed by atoms with Gasteiger partial charge in [-0.3, -0.25) is 0 Å². The van der Waals surface area contributed by atoms with Gasteiger partial charge in [0.2, 0.25) is 0 Å². The first-order valence-corrected chi connectivity index (χ1v) is 5.43. The Kier molecular flexibility index (Phi) is 4.06. The molecule has 0 amide bonds. The lowest BCUT2D eigenvalue weighted by Gasteiger charge is -2.12. The van der Waals surface area contributed by atoms with E-state index in [0.717, 1.165) is 14.3 Å². The molecule has 0 radical (unpaired) electrons. The molecule has 13 heavy (non-hydrogen) atoms. The summed E-state index contributed by atoms with van der Waals surface area (Å²) < 4.78 is 1.14. The van der Waals surface area contributed by atoms with Gasteiger partial charge in [0.15, 0.2) is 0 Å². The van der Waals surface area contributed by atoms with Gasteiger partial charge in [-0.05, 0) is 47.7 Å². The minimum atomic E-state index is 0.234. The van der Waals surface area contributed by atoms with Crippen molar-refractivity contribution in [2.75, 3.05) is 5.32 Å². The summed E-state index contributed by atoms with van der Waals surface area (Å²) in [5, 5.41) is 3.98. The van der Waals surface area contributed by atoms with E-state index in [1.807, 2.05) is 31.2 Å². The maximum absolute atomic E-state index is 6.03. The molecule has 1 rings (SSSR count). The van der Waals surface area contributed by atoms with E-state index in [1.165, 1.54) is 0 Å². The summed E-state index contributed by atoms with van der Waals surface area (Å²) in [5.41, 5.74) is 0.953. The van der Waals surface area contributed by atoms with Crippen molar-refractivity contribution in [3.05, 3.63) is 39.4 Å². The van der Waals surface area contributed by atoms with Crippen LogP contribution in [-0.4, -0.2) is 6.04 Å². The van der Waals surface area contributed by atoms with Gasteiger partial charge < -0.3 is 5.32 Å². The number of hydrogen-bond acceptors (Lipinski definition) is 1. The van der Waals surface area contributed by atoms with Crippen LogP contribution in [0.1, 0.15) is 6.92 Å². The highest BCUT2D eigenvalue weighted by molar-refractivity contribution is 14.1. The first-order valence-electron chi connectivity index (χ1n) is 3.97. The van der Waals surface area contributed by atoms with Crippen LogP contribution in [0.25, 0.3) is 0 Å². The average Bonchev–Trinajstić information content (AvgIpc) is 2.09. The van der Waals surface area contributed by atoms with E-state index in [0.29, 0.717) is 0 Å². The summed E-state index contributed by atoms with van der Waals surface area (Å²) in [6.07, 6.45) is 1.84. The number of hydrogen-bond donors (Lipinski definition) is 1. The third-order valence-electron chi connectivity index (χ3n) is 1.67. The quantitative estimate of drug-likeness (QED) is 0.659. The normalized spacial score (nSPS) is 12.2. The maximum atomic E-state index is 6.03. The lowest BCUT2D eigenvalue weighted by Crippen LogP contribution is -2.11. The van der Waals surface area contributed by atoms with Crippen molar-refractivity contribution in [1.82, 2.24) is 0 Å². The zero-order valence-electron chi connectivity index (χ0n) is 7.35. The molecule has 0 aliphatic rings. The van der Waals surface area contributed by atoms with Gasteiger partial charge in [-0.1, -0.05) is 17.7 Å². The van der Waals surface area contributed by atoms with Crippen molar-refractivity contribution in [3.63, 3.8) is 0 Å². The molecule has 70 valence electrons. The van der Waals surface area contributed by atoms with Gasteiger partial charge in [0.1, 0.15) is 0 Å². The Morgan fingerprint density at radius 2 is 2.31 bits per heavy atom. The monoisotopic (exact) mass is 307 g/mol. The highest BCUT2D eigenvalue weighted by atomic mass is 127. The SMILES string of the molecule is C=CC(C)Nc1ccc(I)cc1Cl. The Balaban J connectivity index is 2.83. The molecule has 1 N–H and O–H groups in total. The third kappa shape index (κ3) is 3.19. The first kappa shape index (κ1) is 10.9. The number of rotatable bonds is 3. The van der Waals surface area contributed by atoms with Crippen LogP contribution < -0.4 is 5.32 Å². The van der Waals surface area contributed by atoms with Crippen LogP contribution in [0, 0.1) is 3.57 Å². The van der Waals surface area contributed by atoms with Gasteiger partial charge in [0, 0.05) is 9.61 Å². The Morgan fingerprint density at radius 3 is 2.85 bits per heavy atom. The van der Waals surface area contributed by atoms with Crippen LogP contribution in [-0.2, 0) is 0 Å². The molecule has 1 aromatic carbocycles. The van der Waals surface area contributed by atoms with E-state index < -0.39 is 0 Å². The molecule has 0 saturated carbocycles. The predicted molar refractivity (Wildman–Crippen MR) is 67.5 cm³/mol. The summed E-state index contributed by atoms with van der Waals surface area (Å²) >= 11 is 8.26. The molecule has 1 nitrogen and oxygen atoms in total. The minimum Gasteiger partial charge on any atom is -0.378 e. The first-order chi connectivity index (χ1) is 6.13. The van der Waals surface area contributed by atoms with E-state index >= 15 is 0 Å². The maximum Gasteiger partial charge on any atom is 0.0648 e. The van der Waals surface area contributed by atoms with Crippen molar-refractivity contribution < 1.29 is 0 Å². The lowest BCUT2D eigenvalue weighted by molar-refractivity contribution is 1.00. The highest BCUT2D eigenvalue weighted by Gasteiger charge is 2.01. The van der Waals surface area contributed by atoms with Crippen LogP contribution in [0.2, 0.25) is 5.02 Å². The lowest BCUT2D eigenvalue weighted by atomic mass is 10.2. The molecule has 1 atom stereocenters. The van der Waals surface area contributed by atoms with E-state index in [4.69, 9.17) is 11.6 Å². The molecule has 0 aromatic heterocycles. The predicted octanol–water partition coefficient (Wildman–Crippen LogP) is 3.93. The third-order valence-corrected chi connectivity index (χ3v) is 2.65. The Hall–Kier alpha value is -0.220. The standard InChI is InChI=1S/C10H11ClIN/c1-3-7(2)13-10-5-4-8(12)6-9(10)11/h3-7,13H,1H2,2H3. The van der Waals surface area contributed by atoms with Crippen molar-refractivity contribution in [2.24, 2.45) is 0 Å². The number of nitrogens with one attached hydrogen (secondary N) is 1. The van der Waals surface area contributed by atoms with Gasteiger partial charge in [0.25, 0.3) is 0 Å². The molecule has 0 spiro atoms. The summed E-state index contributed by atoms with van der Waals surface area (Å²) in [5.74, 6) is 0. The Morgan fingerprint density at radius 1 is 1.62 bits per heavy atom.